The zero-order chi connectivity index (χ0) is 14.7. The molecule has 1 aromatic heterocycles. The molecule has 1 atom stereocenters. The lowest BCUT2D eigenvalue weighted by molar-refractivity contribution is 0.246. The molecule has 0 saturated carbocycles. The molecule has 0 radical (unpaired) electrons. The van der Waals surface area contributed by atoms with Crippen LogP contribution in [0.5, 0.6) is 0 Å². The molecule has 0 aliphatic carbocycles. The van der Waals surface area contributed by atoms with Crippen molar-refractivity contribution in [1.29, 1.82) is 0 Å². The molecular formula is C17H25N3O. The van der Waals surface area contributed by atoms with Gasteiger partial charge in [-0.1, -0.05) is 19.8 Å². The number of nitrogens with two attached hydrogens (primary N) is 1. The van der Waals surface area contributed by atoms with Gasteiger partial charge in [0.1, 0.15) is 5.52 Å². The van der Waals surface area contributed by atoms with Crippen molar-refractivity contribution >= 4 is 16.8 Å². The monoisotopic (exact) mass is 287 g/mol. The Kier molecular flexibility index (Phi) is 4.44. The quantitative estimate of drug-likeness (QED) is 0.869. The minimum absolute atomic E-state index is 0.736. The summed E-state index contributed by atoms with van der Waals surface area (Å²) >= 11 is 0. The first kappa shape index (κ1) is 14.4. The Morgan fingerprint density at radius 1 is 1.33 bits per heavy atom. The van der Waals surface area contributed by atoms with E-state index < -0.39 is 0 Å². The summed E-state index contributed by atoms with van der Waals surface area (Å²) in [6, 6.07) is 5.64. The minimum atomic E-state index is 0.736. The van der Waals surface area contributed by atoms with Crippen molar-refractivity contribution < 1.29 is 4.42 Å². The fraction of sp³-hybridized carbons (Fsp3) is 0.588. The maximum atomic E-state index is 5.83. The number of likely N-dealkylation sites (tertiary alicyclic amines) is 1. The van der Waals surface area contributed by atoms with Crippen LogP contribution in [-0.2, 0) is 6.54 Å². The molecule has 1 aliphatic heterocycles. The lowest BCUT2D eigenvalue weighted by atomic mass is 9.96. The minimum Gasteiger partial charge on any atom is -0.439 e. The van der Waals surface area contributed by atoms with E-state index in [1.54, 1.807) is 0 Å². The van der Waals surface area contributed by atoms with E-state index in [1.165, 1.54) is 32.1 Å². The van der Waals surface area contributed by atoms with Gasteiger partial charge in [0.05, 0.1) is 6.54 Å². The van der Waals surface area contributed by atoms with Gasteiger partial charge in [-0.25, -0.2) is 4.98 Å². The van der Waals surface area contributed by atoms with E-state index in [-0.39, 0.29) is 0 Å². The Hall–Kier alpha value is -1.55. The first-order valence-electron chi connectivity index (χ1n) is 8.12. The highest BCUT2D eigenvalue weighted by Gasteiger charge is 2.18. The summed E-state index contributed by atoms with van der Waals surface area (Å²) in [5.74, 6) is 1.72. The molecule has 114 valence electrons. The second kappa shape index (κ2) is 6.48. The van der Waals surface area contributed by atoms with Gasteiger partial charge in [-0.05, 0) is 56.5 Å². The van der Waals surface area contributed by atoms with Crippen LogP contribution in [0.2, 0.25) is 0 Å². The van der Waals surface area contributed by atoms with Gasteiger partial charge in [0.25, 0.3) is 0 Å². The Morgan fingerprint density at radius 2 is 2.24 bits per heavy atom. The van der Waals surface area contributed by atoms with Gasteiger partial charge < -0.3 is 10.2 Å². The highest BCUT2D eigenvalue weighted by molar-refractivity contribution is 5.76. The Balaban J connectivity index is 1.64. The van der Waals surface area contributed by atoms with Crippen LogP contribution in [0.4, 0.5) is 5.69 Å². The van der Waals surface area contributed by atoms with E-state index in [9.17, 15) is 0 Å². The number of benzene rings is 1. The van der Waals surface area contributed by atoms with Crippen LogP contribution in [0.15, 0.2) is 22.6 Å². The van der Waals surface area contributed by atoms with Crippen LogP contribution in [0.25, 0.3) is 11.1 Å². The number of oxazole rings is 1. The van der Waals surface area contributed by atoms with Crippen LogP contribution in [-0.4, -0.2) is 23.0 Å². The number of aromatic nitrogens is 1. The third-order valence-corrected chi connectivity index (χ3v) is 4.45. The van der Waals surface area contributed by atoms with Crippen molar-refractivity contribution in [2.24, 2.45) is 5.92 Å². The molecule has 1 aromatic carbocycles. The molecule has 4 heteroatoms. The second-order valence-electron chi connectivity index (χ2n) is 6.20. The zero-order valence-electron chi connectivity index (χ0n) is 12.8. The number of hydrogen-bond acceptors (Lipinski definition) is 4. The van der Waals surface area contributed by atoms with Gasteiger partial charge in [0.2, 0.25) is 5.89 Å². The molecule has 1 aliphatic rings. The molecule has 21 heavy (non-hydrogen) atoms. The standard InChI is InChI=1S/C17H25N3O/c1-2-4-13-5-3-9-20(10-8-13)12-17-19-15-11-14(18)6-7-16(15)21-17/h6-7,11,13H,2-5,8-10,12,18H2,1H3. The Labute approximate surface area is 126 Å². The smallest absolute Gasteiger partial charge is 0.209 e. The second-order valence-corrected chi connectivity index (χ2v) is 6.20. The van der Waals surface area contributed by atoms with Crippen molar-refractivity contribution in [1.82, 2.24) is 9.88 Å². The molecule has 4 nitrogen and oxygen atoms in total. The van der Waals surface area contributed by atoms with Gasteiger partial charge in [0, 0.05) is 5.69 Å². The highest BCUT2D eigenvalue weighted by Crippen LogP contribution is 2.24. The van der Waals surface area contributed by atoms with Crippen LogP contribution in [0, 0.1) is 5.92 Å². The Bertz CT molecular complexity index is 593. The normalized spacial score (nSPS) is 20.7. The third kappa shape index (κ3) is 3.56. The number of fused-ring (bicyclic) bond motifs is 1. The largest absolute Gasteiger partial charge is 0.439 e. The van der Waals surface area contributed by atoms with Crippen molar-refractivity contribution in [2.75, 3.05) is 18.8 Å². The fourth-order valence-corrected chi connectivity index (χ4v) is 3.33. The van der Waals surface area contributed by atoms with E-state index >= 15 is 0 Å². The molecule has 1 unspecified atom stereocenters. The van der Waals surface area contributed by atoms with Crippen molar-refractivity contribution in [3.8, 4) is 0 Å². The van der Waals surface area contributed by atoms with Gasteiger partial charge in [-0.15, -0.1) is 0 Å². The molecule has 2 heterocycles. The van der Waals surface area contributed by atoms with Crippen molar-refractivity contribution in [3.05, 3.63) is 24.1 Å². The van der Waals surface area contributed by atoms with Crippen LogP contribution < -0.4 is 5.73 Å². The third-order valence-electron chi connectivity index (χ3n) is 4.45. The van der Waals surface area contributed by atoms with Crippen LogP contribution in [0.3, 0.4) is 0 Å². The molecule has 1 saturated heterocycles. The maximum absolute atomic E-state index is 5.83. The van der Waals surface area contributed by atoms with Gasteiger partial charge in [0.15, 0.2) is 5.58 Å². The molecule has 3 rings (SSSR count). The first-order valence-corrected chi connectivity index (χ1v) is 8.12. The zero-order valence-corrected chi connectivity index (χ0v) is 12.8. The fourth-order valence-electron chi connectivity index (χ4n) is 3.33. The molecule has 1 fully saturated rings. The first-order chi connectivity index (χ1) is 10.2. The maximum Gasteiger partial charge on any atom is 0.209 e. The van der Waals surface area contributed by atoms with Crippen molar-refractivity contribution in [2.45, 2.75) is 45.6 Å². The number of hydrogen-bond donors (Lipinski definition) is 1. The molecule has 0 spiro atoms. The van der Waals surface area contributed by atoms with E-state index in [0.29, 0.717) is 0 Å². The summed E-state index contributed by atoms with van der Waals surface area (Å²) in [6.45, 7) is 5.41. The molecule has 2 N–H and O–H groups in total. The van der Waals surface area contributed by atoms with E-state index in [1.807, 2.05) is 18.2 Å². The molecule has 0 bridgehead atoms. The average molecular weight is 287 g/mol. The molecule has 2 aromatic rings. The number of anilines is 1. The number of rotatable bonds is 4. The summed E-state index contributed by atoms with van der Waals surface area (Å²) in [5.41, 5.74) is 8.22. The lowest BCUT2D eigenvalue weighted by Gasteiger charge is -2.18. The number of nitrogens with zero attached hydrogens (tertiary/aromatic N) is 2. The summed E-state index contributed by atoms with van der Waals surface area (Å²) in [5, 5.41) is 0. The van der Waals surface area contributed by atoms with Gasteiger partial charge in [-0.2, -0.15) is 0 Å². The summed E-state index contributed by atoms with van der Waals surface area (Å²) in [4.78, 5) is 7.04. The average Bonchev–Trinajstić information content (AvgIpc) is 2.72. The SMILES string of the molecule is CCCC1CCCN(Cc2nc3cc(N)ccc3o2)CC1. The highest BCUT2D eigenvalue weighted by atomic mass is 16.3. The number of nitrogen functional groups attached to an aromatic ring is 1. The van der Waals surface area contributed by atoms with E-state index in [4.69, 9.17) is 10.2 Å². The molecule has 0 amide bonds. The van der Waals surface area contributed by atoms with Crippen LogP contribution in [0.1, 0.15) is 44.9 Å². The van der Waals surface area contributed by atoms with Crippen molar-refractivity contribution in [3.63, 3.8) is 0 Å². The predicted molar refractivity (Wildman–Crippen MR) is 85.9 cm³/mol. The summed E-state index contributed by atoms with van der Waals surface area (Å²) in [7, 11) is 0. The Morgan fingerprint density at radius 3 is 3.10 bits per heavy atom. The van der Waals surface area contributed by atoms with Crippen LogP contribution >= 0.6 is 0 Å². The summed E-state index contributed by atoms with van der Waals surface area (Å²) in [6.07, 6.45) is 6.64. The van der Waals surface area contributed by atoms with E-state index in [2.05, 4.69) is 16.8 Å². The lowest BCUT2D eigenvalue weighted by Crippen LogP contribution is -2.24. The predicted octanol–water partition coefficient (Wildman–Crippen LogP) is 3.81. The van der Waals surface area contributed by atoms with E-state index in [0.717, 1.165) is 48.2 Å². The topological polar surface area (TPSA) is 55.3 Å². The van der Waals surface area contributed by atoms with Gasteiger partial charge >= 0.3 is 0 Å². The van der Waals surface area contributed by atoms with Gasteiger partial charge in [-0.3, -0.25) is 4.90 Å². The summed E-state index contributed by atoms with van der Waals surface area (Å²) < 4.78 is 5.83. The molecular weight excluding hydrogens is 262 g/mol.